The molecule has 10 heteroatoms. The number of fused-ring (bicyclic) bond motifs is 1. The van der Waals surface area contributed by atoms with Crippen LogP contribution in [-0.2, 0) is 9.52 Å². The molecule has 0 amide bonds. The summed E-state index contributed by atoms with van der Waals surface area (Å²) in [6.07, 6.45) is 0. The average Bonchev–Trinajstić information content (AvgIpc) is 3.33. The molecule has 4 heterocycles. The molecule has 3 aromatic heterocycles. The molecule has 0 unspecified atom stereocenters. The molecule has 0 radical (unpaired) electrons. The third-order valence-electron chi connectivity index (χ3n) is 5.57. The topological polar surface area (TPSA) is 109 Å². The lowest BCUT2D eigenvalue weighted by Gasteiger charge is -2.26. The van der Waals surface area contributed by atoms with Gasteiger partial charge >= 0.3 is 6.01 Å². The number of hydrogen-bond acceptors (Lipinski definition) is 7. The monoisotopic (exact) mass is 438 g/mol. The van der Waals surface area contributed by atoms with Crippen LogP contribution in [0.3, 0.4) is 0 Å². The van der Waals surface area contributed by atoms with E-state index >= 15 is 0 Å². The van der Waals surface area contributed by atoms with Crippen LogP contribution in [0.15, 0.2) is 39.5 Å². The number of nitrogens with one attached hydrogen (secondary N) is 1. The maximum absolute atomic E-state index is 13.3. The highest BCUT2D eigenvalue weighted by Gasteiger charge is 2.25. The third-order valence-corrected chi connectivity index (χ3v) is 7.42. The highest BCUT2D eigenvalue weighted by molar-refractivity contribution is 8.00. The second kappa shape index (κ2) is 7.09. The molecule has 1 fully saturated rings. The Morgan fingerprint density at radius 1 is 1.10 bits per heavy atom. The van der Waals surface area contributed by atoms with Crippen molar-refractivity contribution in [1.82, 2.24) is 24.8 Å². The predicted molar refractivity (Wildman–Crippen MR) is 121 cm³/mol. The molecule has 5 rings (SSSR count). The molecule has 0 atom stereocenters. The van der Waals surface area contributed by atoms with Gasteiger partial charge in [-0.15, -0.1) is 5.10 Å². The Bertz CT molecular complexity index is 1440. The van der Waals surface area contributed by atoms with E-state index in [1.54, 1.807) is 6.92 Å². The normalized spacial score (nSPS) is 16.1. The summed E-state index contributed by atoms with van der Waals surface area (Å²) in [6.45, 7) is 4.72. The Morgan fingerprint density at radius 2 is 1.81 bits per heavy atom. The molecular weight excluding hydrogens is 416 g/mol. The Kier molecular flexibility index (Phi) is 4.47. The maximum atomic E-state index is 13.3. The van der Waals surface area contributed by atoms with Gasteiger partial charge in [-0.2, -0.15) is 0 Å². The Labute approximate surface area is 178 Å². The van der Waals surface area contributed by atoms with Crippen molar-refractivity contribution < 1.29 is 8.63 Å². The lowest BCUT2D eigenvalue weighted by atomic mass is 10.1. The molecule has 0 bridgehead atoms. The fraction of sp³-hybridized carbons (Fsp3) is 0.286. The summed E-state index contributed by atoms with van der Waals surface area (Å²) in [5.41, 5.74) is 3.71. The highest BCUT2D eigenvalue weighted by atomic mass is 32.2. The fourth-order valence-corrected chi connectivity index (χ4v) is 5.20. The first-order chi connectivity index (χ1) is 14.8. The number of aromatic nitrogens is 5. The van der Waals surface area contributed by atoms with E-state index in [-0.39, 0.29) is 17.0 Å². The molecule has 0 saturated carbocycles. The predicted octanol–water partition coefficient (Wildman–Crippen LogP) is 1.89. The van der Waals surface area contributed by atoms with Crippen LogP contribution in [0.5, 0.6) is 0 Å². The summed E-state index contributed by atoms with van der Waals surface area (Å²) >= 11 is 0. The molecule has 0 spiro atoms. The zero-order valence-electron chi connectivity index (χ0n) is 17.3. The average molecular weight is 439 g/mol. The van der Waals surface area contributed by atoms with Crippen LogP contribution < -0.4 is 10.5 Å². The Balaban J connectivity index is 1.58. The molecule has 4 aromatic rings. The highest BCUT2D eigenvalue weighted by Crippen LogP contribution is 2.28. The van der Waals surface area contributed by atoms with E-state index in [0.29, 0.717) is 42.0 Å². The number of rotatable bonds is 3. The van der Waals surface area contributed by atoms with Crippen molar-refractivity contribution >= 4 is 27.1 Å². The largest absolute Gasteiger partial charge is 0.403 e. The molecule has 160 valence electrons. The minimum Gasteiger partial charge on any atom is -0.403 e. The molecule has 1 N–H and O–H groups in total. The van der Waals surface area contributed by atoms with Gasteiger partial charge in [-0.1, -0.05) is 35.4 Å². The van der Waals surface area contributed by atoms with Gasteiger partial charge in [-0.25, -0.2) is 9.50 Å². The summed E-state index contributed by atoms with van der Waals surface area (Å²) < 4.78 is 19.3. The quantitative estimate of drug-likeness (QED) is 0.487. The Hall–Kier alpha value is -3.40. The molecule has 1 aliphatic heterocycles. The summed E-state index contributed by atoms with van der Waals surface area (Å²) in [5.74, 6) is 4.84. The van der Waals surface area contributed by atoms with Crippen molar-refractivity contribution in [3.8, 4) is 22.6 Å². The first-order valence-electron chi connectivity index (χ1n) is 9.93. The van der Waals surface area contributed by atoms with Crippen molar-refractivity contribution in [3.63, 3.8) is 0 Å². The van der Waals surface area contributed by atoms with E-state index in [4.69, 9.17) is 9.40 Å². The fourth-order valence-electron chi connectivity index (χ4n) is 3.89. The van der Waals surface area contributed by atoms with Gasteiger partial charge in [0.15, 0.2) is 5.65 Å². The van der Waals surface area contributed by atoms with Gasteiger partial charge < -0.3 is 9.32 Å². The van der Waals surface area contributed by atoms with Crippen LogP contribution in [0, 0.1) is 13.8 Å². The van der Waals surface area contributed by atoms with Crippen LogP contribution in [-0.4, -0.2) is 59.5 Å². The van der Waals surface area contributed by atoms with Gasteiger partial charge in [0.25, 0.3) is 11.4 Å². The number of hydrogen-bond donors (Lipinski definition) is 1. The number of nitrogens with zero attached hydrogens (tertiary/aromatic N) is 5. The lowest BCUT2D eigenvalue weighted by Crippen LogP contribution is -2.40. The van der Waals surface area contributed by atoms with Crippen LogP contribution >= 0.6 is 0 Å². The summed E-state index contributed by atoms with van der Waals surface area (Å²) in [7, 11) is -2.03. The van der Waals surface area contributed by atoms with Crippen LogP contribution in [0.25, 0.3) is 28.2 Å². The van der Waals surface area contributed by atoms with Crippen molar-refractivity contribution in [2.75, 3.05) is 29.5 Å². The van der Waals surface area contributed by atoms with Crippen molar-refractivity contribution in [2.45, 2.75) is 13.8 Å². The van der Waals surface area contributed by atoms with Gasteiger partial charge in [0.1, 0.15) is 5.56 Å². The number of H-pyrrole nitrogens is 1. The first kappa shape index (κ1) is 19.6. The molecule has 1 saturated heterocycles. The van der Waals surface area contributed by atoms with Crippen LogP contribution in [0.4, 0.5) is 6.01 Å². The van der Waals surface area contributed by atoms with Gasteiger partial charge in [0.05, 0.1) is 5.69 Å². The van der Waals surface area contributed by atoms with E-state index in [1.807, 2.05) is 42.2 Å². The van der Waals surface area contributed by atoms with E-state index in [9.17, 15) is 9.00 Å². The first-order valence-corrected chi connectivity index (χ1v) is 12.0. The van der Waals surface area contributed by atoms with Gasteiger partial charge in [-0.05, 0) is 34.8 Å². The van der Waals surface area contributed by atoms with E-state index in [1.165, 1.54) is 4.52 Å². The zero-order valence-corrected chi connectivity index (χ0v) is 18.1. The molecule has 1 aliphatic rings. The van der Waals surface area contributed by atoms with Crippen molar-refractivity contribution in [3.05, 3.63) is 52.1 Å². The SMILES string of the molecule is C=S1(=O)CCN(c2nnc(-c3c(C)nc4c(-c5ccccc5)c(C)[nH]n4c3=O)o2)CC1. The molecule has 31 heavy (non-hydrogen) atoms. The Morgan fingerprint density at radius 3 is 2.52 bits per heavy atom. The summed E-state index contributed by atoms with van der Waals surface area (Å²) in [5, 5.41) is 11.3. The molecule has 0 aliphatic carbocycles. The summed E-state index contributed by atoms with van der Waals surface area (Å²) in [4.78, 5) is 19.9. The third kappa shape index (κ3) is 3.32. The molecule has 9 nitrogen and oxygen atoms in total. The van der Waals surface area contributed by atoms with Crippen LogP contribution in [0.1, 0.15) is 11.4 Å². The van der Waals surface area contributed by atoms with E-state index in [0.717, 1.165) is 16.8 Å². The number of aryl methyl sites for hydroxylation is 2. The van der Waals surface area contributed by atoms with Crippen molar-refractivity contribution in [1.29, 1.82) is 0 Å². The van der Waals surface area contributed by atoms with E-state index < -0.39 is 9.52 Å². The lowest BCUT2D eigenvalue weighted by molar-refractivity contribution is 0.545. The maximum Gasteiger partial charge on any atom is 0.318 e. The second-order valence-electron chi connectivity index (χ2n) is 7.77. The number of anilines is 1. The molecular formula is C21H22N6O3S. The number of aromatic amines is 1. The molecule has 1 aromatic carbocycles. The standard InChI is InChI=1S/C21H22N6O3S/c1-13-17(19-23-24-21(30-19)26-9-11-31(3,29)12-10-26)20(28)27-18(22-13)16(14(2)25-27)15-7-5-4-6-8-15/h4-8,25H,3,9-12H2,1-2H3. The van der Waals surface area contributed by atoms with Gasteiger partial charge in [0, 0.05) is 35.9 Å². The zero-order chi connectivity index (χ0) is 21.8. The van der Waals surface area contributed by atoms with E-state index in [2.05, 4.69) is 21.2 Å². The minimum absolute atomic E-state index is 0.119. The van der Waals surface area contributed by atoms with Gasteiger partial charge in [0.2, 0.25) is 0 Å². The van der Waals surface area contributed by atoms with Crippen molar-refractivity contribution in [2.24, 2.45) is 0 Å². The smallest absolute Gasteiger partial charge is 0.318 e. The second-order valence-corrected chi connectivity index (χ2v) is 10.5. The van der Waals surface area contributed by atoms with Crippen LogP contribution in [0.2, 0.25) is 0 Å². The van der Waals surface area contributed by atoms with Gasteiger partial charge in [-0.3, -0.25) is 14.1 Å². The minimum atomic E-state index is -2.03. The number of benzene rings is 1. The summed E-state index contributed by atoms with van der Waals surface area (Å²) in [6, 6.07) is 10.1.